The number of aryl methyl sites for hydroxylation is 1. The van der Waals surface area contributed by atoms with E-state index >= 15 is 0 Å². The molecule has 2 aromatic heterocycles. The Hall–Kier alpha value is -1.15. The summed E-state index contributed by atoms with van der Waals surface area (Å²) in [6.45, 7) is 1.84. The Morgan fingerprint density at radius 1 is 1.25 bits per heavy atom. The van der Waals surface area contributed by atoms with Gasteiger partial charge in [-0.1, -0.05) is 64.1 Å². The molecule has 28 heavy (non-hydrogen) atoms. The van der Waals surface area contributed by atoms with Crippen LogP contribution in [0.25, 0.3) is 0 Å². The Balaban J connectivity index is 1.56. The van der Waals surface area contributed by atoms with Crippen molar-refractivity contribution >= 4 is 75.2 Å². The van der Waals surface area contributed by atoms with Crippen LogP contribution >= 0.6 is 69.4 Å². The Labute approximate surface area is 188 Å². The number of thiazole rings is 1. The summed E-state index contributed by atoms with van der Waals surface area (Å²) in [5.41, 5.74) is 1.66. The van der Waals surface area contributed by atoms with E-state index in [2.05, 4.69) is 15.2 Å². The molecule has 0 aliphatic carbocycles. The molecule has 0 aliphatic rings. The van der Waals surface area contributed by atoms with Crippen LogP contribution in [-0.4, -0.2) is 26.7 Å². The van der Waals surface area contributed by atoms with E-state index in [0.717, 1.165) is 15.6 Å². The molecule has 5 nitrogen and oxygen atoms in total. The topological polar surface area (TPSA) is 79.5 Å². The SMILES string of the molecule is Cc1csc([C@@H](C#N)C(=O)CSc2nnc(SCc3c(Cl)cccc3Cl)s2)n1. The van der Waals surface area contributed by atoms with Crippen molar-refractivity contribution in [3.8, 4) is 6.07 Å². The molecule has 0 radical (unpaired) electrons. The number of aromatic nitrogens is 3. The van der Waals surface area contributed by atoms with Crippen molar-refractivity contribution in [2.24, 2.45) is 0 Å². The fraction of sp³-hybridized carbons (Fsp3) is 0.235. The van der Waals surface area contributed by atoms with Crippen LogP contribution < -0.4 is 0 Å². The lowest BCUT2D eigenvalue weighted by Gasteiger charge is -2.04. The highest BCUT2D eigenvalue weighted by Crippen LogP contribution is 2.35. The van der Waals surface area contributed by atoms with Crippen LogP contribution in [0.3, 0.4) is 0 Å². The van der Waals surface area contributed by atoms with E-state index in [9.17, 15) is 10.1 Å². The Morgan fingerprint density at radius 2 is 1.93 bits per heavy atom. The summed E-state index contributed by atoms with van der Waals surface area (Å²) < 4.78 is 1.44. The first kappa shape index (κ1) is 21.6. The fourth-order valence-corrected chi connectivity index (χ4v) is 6.63. The standard InChI is InChI=1S/C17H12Cl2N4OS4/c1-9-6-25-15(21-9)10(5-20)14(24)8-27-17-23-22-16(28-17)26-7-11-12(18)3-2-4-13(11)19/h2-4,6,10H,7-8H2,1H3/t10-/m0/s1. The molecular formula is C17H12Cl2N4OS4. The number of carbonyl (C=O) groups excluding carboxylic acids is 1. The molecule has 0 saturated carbocycles. The van der Waals surface area contributed by atoms with Gasteiger partial charge in [-0.25, -0.2) is 4.98 Å². The van der Waals surface area contributed by atoms with E-state index in [1.165, 1.54) is 46.2 Å². The highest BCUT2D eigenvalue weighted by Gasteiger charge is 2.23. The number of nitriles is 1. The molecule has 3 rings (SSSR count). The van der Waals surface area contributed by atoms with Gasteiger partial charge in [0.1, 0.15) is 5.01 Å². The highest BCUT2D eigenvalue weighted by atomic mass is 35.5. The third-order valence-corrected chi connectivity index (χ3v) is 8.44. The number of hydrogen-bond acceptors (Lipinski definition) is 9. The minimum absolute atomic E-state index is 0.145. The van der Waals surface area contributed by atoms with Gasteiger partial charge >= 0.3 is 0 Å². The van der Waals surface area contributed by atoms with Crippen LogP contribution in [0.15, 0.2) is 32.3 Å². The largest absolute Gasteiger partial charge is 0.297 e. The van der Waals surface area contributed by atoms with Crippen LogP contribution in [0.5, 0.6) is 0 Å². The van der Waals surface area contributed by atoms with Gasteiger partial charge in [0, 0.05) is 26.9 Å². The molecule has 1 aromatic carbocycles. The lowest BCUT2D eigenvalue weighted by molar-refractivity contribution is -0.116. The second kappa shape index (κ2) is 10.1. The average molecular weight is 487 g/mol. The molecule has 0 amide bonds. The molecule has 144 valence electrons. The predicted molar refractivity (Wildman–Crippen MR) is 117 cm³/mol. The molecule has 0 bridgehead atoms. The fourth-order valence-electron chi connectivity index (χ4n) is 2.10. The van der Waals surface area contributed by atoms with Crippen molar-refractivity contribution in [2.45, 2.75) is 27.3 Å². The number of ketones is 1. The van der Waals surface area contributed by atoms with Crippen molar-refractivity contribution in [2.75, 3.05) is 5.75 Å². The Bertz CT molecular complexity index is 1010. The first-order chi connectivity index (χ1) is 13.5. The third-order valence-electron chi connectivity index (χ3n) is 3.46. The molecule has 11 heteroatoms. The number of benzene rings is 1. The van der Waals surface area contributed by atoms with E-state index in [4.69, 9.17) is 23.2 Å². The van der Waals surface area contributed by atoms with Crippen molar-refractivity contribution in [3.63, 3.8) is 0 Å². The molecule has 0 spiro atoms. The molecule has 0 unspecified atom stereocenters. The molecule has 0 fully saturated rings. The number of carbonyl (C=O) groups is 1. The third kappa shape index (κ3) is 5.47. The zero-order valence-electron chi connectivity index (χ0n) is 14.4. The summed E-state index contributed by atoms with van der Waals surface area (Å²) >= 11 is 17.8. The first-order valence-corrected chi connectivity index (χ1v) is 12.3. The summed E-state index contributed by atoms with van der Waals surface area (Å²) in [5, 5.41) is 21.2. The molecule has 1 atom stereocenters. The van der Waals surface area contributed by atoms with E-state index < -0.39 is 5.92 Å². The molecule has 2 heterocycles. The van der Waals surface area contributed by atoms with E-state index in [1.54, 1.807) is 18.2 Å². The van der Waals surface area contributed by atoms with Gasteiger partial charge in [-0.05, 0) is 24.6 Å². The molecule has 0 N–H and O–H groups in total. The van der Waals surface area contributed by atoms with Gasteiger partial charge in [0.2, 0.25) is 0 Å². The number of hydrogen-bond donors (Lipinski definition) is 0. The van der Waals surface area contributed by atoms with E-state index in [-0.39, 0.29) is 11.5 Å². The summed E-state index contributed by atoms with van der Waals surface area (Å²) in [6.07, 6.45) is 0. The monoisotopic (exact) mass is 486 g/mol. The molecular weight excluding hydrogens is 475 g/mol. The highest BCUT2D eigenvalue weighted by molar-refractivity contribution is 8.03. The van der Waals surface area contributed by atoms with Crippen molar-refractivity contribution in [1.29, 1.82) is 5.26 Å². The van der Waals surface area contributed by atoms with Crippen LogP contribution in [-0.2, 0) is 10.5 Å². The normalized spacial score (nSPS) is 11.9. The van der Waals surface area contributed by atoms with Crippen molar-refractivity contribution < 1.29 is 4.79 Å². The van der Waals surface area contributed by atoms with Crippen LogP contribution in [0.2, 0.25) is 10.0 Å². The van der Waals surface area contributed by atoms with Crippen molar-refractivity contribution in [1.82, 2.24) is 15.2 Å². The van der Waals surface area contributed by atoms with E-state index in [0.29, 0.717) is 25.1 Å². The maximum absolute atomic E-state index is 12.4. The summed E-state index contributed by atoms with van der Waals surface area (Å²) in [4.78, 5) is 16.6. The van der Waals surface area contributed by atoms with Crippen LogP contribution in [0, 0.1) is 18.3 Å². The minimum atomic E-state index is -0.838. The predicted octanol–water partition coefficient (Wildman–Crippen LogP) is 5.87. The lowest BCUT2D eigenvalue weighted by Crippen LogP contribution is -2.13. The summed E-state index contributed by atoms with van der Waals surface area (Å²) in [6, 6.07) is 7.44. The van der Waals surface area contributed by atoms with Gasteiger partial charge < -0.3 is 0 Å². The lowest BCUT2D eigenvalue weighted by atomic mass is 10.1. The van der Waals surface area contributed by atoms with Gasteiger partial charge in [0.15, 0.2) is 20.4 Å². The smallest absolute Gasteiger partial charge is 0.175 e. The molecule has 0 saturated heterocycles. The maximum Gasteiger partial charge on any atom is 0.175 e. The number of Topliss-reactive ketones (excluding diaryl/α,β-unsaturated/α-hetero) is 1. The number of rotatable bonds is 8. The van der Waals surface area contributed by atoms with Gasteiger partial charge in [0.05, 0.1) is 11.8 Å². The number of nitrogens with zero attached hydrogens (tertiary/aromatic N) is 4. The maximum atomic E-state index is 12.4. The van der Waals surface area contributed by atoms with Crippen molar-refractivity contribution in [3.05, 3.63) is 49.9 Å². The van der Waals surface area contributed by atoms with Gasteiger partial charge in [-0.15, -0.1) is 21.5 Å². The average Bonchev–Trinajstić information content (AvgIpc) is 3.29. The van der Waals surface area contributed by atoms with Gasteiger partial charge in [-0.3, -0.25) is 4.79 Å². The summed E-state index contributed by atoms with van der Waals surface area (Å²) in [7, 11) is 0. The number of thioether (sulfide) groups is 2. The van der Waals surface area contributed by atoms with Crippen LogP contribution in [0.1, 0.15) is 22.2 Å². The molecule has 3 aromatic rings. The second-order valence-electron chi connectivity index (χ2n) is 5.47. The van der Waals surface area contributed by atoms with E-state index in [1.807, 2.05) is 18.4 Å². The zero-order chi connectivity index (χ0) is 20.1. The zero-order valence-corrected chi connectivity index (χ0v) is 19.2. The Morgan fingerprint density at radius 3 is 2.54 bits per heavy atom. The van der Waals surface area contributed by atoms with Crippen LogP contribution in [0.4, 0.5) is 0 Å². The summed E-state index contributed by atoms with van der Waals surface area (Å²) in [5.74, 6) is -0.298. The second-order valence-corrected chi connectivity index (χ2v) is 10.6. The minimum Gasteiger partial charge on any atom is -0.297 e. The van der Waals surface area contributed by atoms with Gasteiger partial charge in [-0.2, -0.15) is 5.26 Å². The Kier molecular flexibility index (Phi) is 7.74. The van der Waals surface area contributed by atoms with Gasteiger partial charge in [0.25, 0.3) is 0 Å². The molecule has 0 aliphatic heterocycles. The quantitative estimate of drug-likeness (QED) is 0.368. The number of halogens is 2. The first-order valence-electron chi connectivity index (χ1n) is 7.84.